The first-order chi connectivity index (χ1) is 33.3. The van der Waals surface area contributed by atoms with Crippen LogP contribution >= 0.6 is 23.2 Å². The molecular weight excluding hydrogens is 980 g/mol. The molecule has 0 unspecified atom stereocenters. The molecule has 0 aliphatic rings. The zero-order chi connectivity index (χ0) is 48.1. The van der Waals surface area contributed by atoms with Crippen molar-refractivity contribution in [2.45, 2.75) is 10.6 Å². The highest BCUT2D eigenvalue weighted by molar-refractivity contribution is 7.87. The maximum Gasteiger partial charge on any atom is 0.339 e. The molecule has 22 nitrogen and oxygen atoms in total. The number of carbonyl (C=O) groups is 2. The Hall–Kier alpha value is -8.58. The van der Waals surface area contributed by atoms with Gasteiger partial charge >= 0.3 is 20.2 Å². The topological polar surface area (TPSA) is 306 Å². The Morgan fingerprint density at radius 3 is 1.54 bits per heavy atom. The third-order valence-electron chi connectivity index (χ3n) is 9.60. The lowest BCUT2D eigenvalue weighted by atomic mass is 10.1. The van der Waals surface area contributed by atoms with Crippen molar-refractivity contribution in [2.75, 3.05) is 10.6 Å². The highest BCUT2D eigenvalue weighted by Crippen LogP contribution is 2.32. The number of H-pyrrole nitrogens is 2. The summed E-state index contributed by atoms with van der Waals surface area (Å²) in [6, 6.07) is 34.4. The smallest absolute Gasteiger partial charge is 0.339 e. The Kier molecular flexibility index (Phi) is 12.8. The molecule has 69 heavy (non-hydrogen) atoms. The van der Waals surface area contributed by atoms with E-state index in [1.54, 1.807) is 84.9 Å². The standard InChI is InChI=1S/C22H15ClN6O5S.C21H13ClN6O5S/c23-14-6-9-18(17(10-14)21-25-28-29-26-21)24-22(30)20-16-8-7-15(11-19(16)33-27-20)34-35(31,32)12-13-4-2-1-3-5-13;22-12-6-9-17(16(10-12)20-24-27-28-25-20)23-21(29)19-15-8-7-13(11-18(15)32-26-19)33-34(30,31)14-4-2-1-3-5-14/h1-11H,12H2,(H,24,30)(H,25,26,28,29);1-11H,(H,23,29)(H,24,25,27,28). The zero-order valence-corrected chi connectivity index (χ0v) is 37.8. The van der Waals surface area contributed by atoms with E-state index < -0.39 is 32.1 Å². The van der Waals surface area contributed by atoms with Crippen LogP contribution < -0.4 is 19.0 Å². The van der Waals surface area contributed by atoms with Crippen LogP contribution in [0.3, 0.4) is 0 Å². The Balaban J connectivity index is 0.000000172. The minimum absolute atomic E-state index is 0.00675. The molecule has 6 aromatic carbocycles. The van der Waals surface area contributed by atoms with Gasteiger partial charge in [-0.05, 0) is 88.8 Å². The van der Waals surface area contributed by atoms with Crippen molar-refractivity contribution in [3.63, 3.8) is 0 Å². The summed E-state index contributed by atoms with van der Waals surface area (Å²) in [6.07, 6.45) is 0. The first-order valence-electron chi connectivity index (χ1n) is 19.7. The SMILES string of the molecule is O=C(Nc1ccc(Cl)cc1-c1nn[nH]n1)c1noc2cc(OS(=O)(=O)Cc3ccccc3)ccc12.O=C(Nc1ccc(Cl)cc1-c1nn[nH]n1)c1noc2cc(OS(=O)(=O)c3ccccc3)ccc12. The van der Waals surface area contributed by atoms with Crippen LogP contribution in [0.15, 0.2) is 147 Å². The molecule has 4 aromatic heterocycles. The number of halogens is 2. The van der Waals surface area contributed by atoms with Gasteiger partial charge in [0, 0.05) is 33.3 Å². The number of amides is 2. The molecule has 10 rings (SSSR count). The lowest BCUT2D eigenvalue weighted by Crippen LogP contribution is -2.13. The van der Waals surface area contributed by atoms with Crippen LogP contribution in [0.5, 0.6) is 11.5 Å². The number of tetrazole rings is 2. The summed E-state index contributed by atoms with van der Waals surface area (Å²) in [5.41, 5.74) is 2.57. The number of benzene rings is 6. The number of hydrogen-bond acceptors (Lipinski definition) is 18. The molecular formula is C43H28Cl2N12O10S2. The van der Waals surface area contributed by atoms with E-state index in [0.717, 1.165) is 0 Å². The van der Waals surface area contributed by atoms with E-state index in [4.69, 9.17) is 40.6 Å². The number of hydrogen-bond donors (Lipinski definition) is 4. The fourth-order valence-corrected chi connectivity index (χ4v) is 8.86. The van der Waals surface area contributed by atoms with Crippen molar-refractivity contribution in [3.05, 3.63) is 160 Å². The third-order valence-corrected chi connectivity index (χ3v) is 12.5. The highest BCUT2D eigenvalue weighted by Gasteiger charge is 2.24. The molecule has 4 N–H and O–H groups in total. The van der Waals surface area contributed by atoms with Gasteiger partial charge in [-0.3, -0.25) is 9.59 Å². The molecule has 4 heterocycles. The minimum atomic E-state index is -4.03. The first-order valence-corrected chi connectivity index (χ1v) is 23.5. The summed E-state index contributed by atoms with van der Waals surface area (Å²) in [7, 11) is -7.94. The van der Waals surface area contributed by atoms with E-state index in [9.17, 15) is 26.4 Å². The highest BCUT2D eigenvalue weighted by atomic mass is 35.5. The molecule has 0 radical (unpaired) electrons. The van der Waals surface area contributed by atoms with Gasteiger partial charge in [-0.2, -0.15) is 27.3 Å². The fraction of sp³-hybridized carbons (Fsp3) is 0.0233. The molecule has 0 spiro atoms. The van der Waals surface area contributed by atoms with Crippen LogP contribution in [0, 0.1) is 0 Å². The zero-order valence-electron chi connectivity index (χ0n) is 34.6. The first kappa shape index (κ1) is 45.6. The summed E-state index contributed by atoms with van der Waals surface area (Å²) < 4.78 is 70.6. The van der Waals surface area contributed by atoms with Gasteiger partial charge in [0.05, 0.1) is 22.1 Å². The van der Waals surface area contributed by atoms with Gasteiger partial charge in [0.2, 0.25) is 11.6 Å². The summed E-state index contributed by atoms with van der Waals surface area (Å²) >= 11 is 12.1. The quantitative estimate of drug-likeness (QED) is 0.0812. The summed E-state index contributed by atoms with van der Waals surface area (Å²) in [5.74, 6) is -0.905. The second kappa shape index (κ2) is 19.3. The second-order valence-corrected chi connectivity index (χ2v) is 18.2. The molecule has 26 heteroatoms. The number of carbonyl (C=O) groups excluding carboxylic acids is 2. The Morgan fingerprint density at radius 2 is 1.06 bits per heavy atom. The van der Waals surface area contributed by atoms with Crippen molar-refractivity contribution in [1.29, 1.82) is 0 Å². The molecule has 346 valence electrons. The van der Waals surface area contributed by atoms with Gasteiger partial charge in [0.15, 0.2) is 22.6 Å². The normalized spacial score (nSPS) is 11.4. The van der Waals surface area contributed by atoms with Crippen LogP contribution in [-0.4, -0.2) is 80.2 Å². The predicted octanol–water partition coefficient (Wildman–Crippen LogP) is 7.50. The number of nitrogens with one attached hydrogen (secondary N) is 4. The molecule has 0 saturated heterocycles. The molecule has 0 fully saturated rings. The molecule has 2 amide bonds. The Morgan fingerprint density at radius 1 is 0.580 bits per heavy atom. The van der Waals surface area contributed by atoms with Crippen molar-refractivity contribution in [2.24, 2.45) is 0 Å². The van der Waals surface area contributed by atoms with Gasteiger partial charge in [-0.25, -0.2) is 0 Å². The Labute approximate surface area is 398 Å². The van der Waals surface area contributed by atoms with Gasteiger partial charge < -0.3 is 28.0 Å². The number of rotatable bonds is 13. The van der Waals surface area contributed by atoms with Crippen LogP contribution in [-0.2, 0) is 26.0 Å². The van der Waals surface area contributed by atoms with Gasteiger partial charge in [-0.1, -0.05) is 82.0 Å². The van der Waals surface area contributed by atoms with Gasteiger partial charge in [0.1, 0.15) is 22.1 Å². The van der Waals surface area contributed by atoms with Crippen molar-refractivity contribution in [3.8, 4) is 34.3 Å². The van der Waals surface area contributed by atoms with E-state index in [1.807, 2.05) is 0 Å². The predicted molar refractivity (Wildman–Crippen MR) is 247 cm³/mol. The maximum absolute atomic E-state index is 13.0. The fourth-order valence-electron chi connectivity index (χ4n) is 6.52. The molecule has 0 saturated carbocycles. The average molecular weight is 1010 g/mol. The van der Waals surface area contributed by atoms with Crippen LogP contribution in [0.4, 0.5) is 11.4 Å². The number of nitrogens with zero attached hydrogens (tertiary/aromatic N) is 8. The lowest BCUT2D eigenvalue weighted by molar-refractivity contribution is 0.101. The number of aromatic nitrogens is 10. The molecule has 0 atom stereocenters. The Bertz CT molecular complexity index is 3710. The summed E-state index contributed by atoms with van der Waals surface area (Å²) in [6.45, 7) is 0. The average Bonchev–Trinajstić information content (AvgIpc) is 4.19. The second-order valence-electron chi connectivity index (χ2n) is 14.3. The molecule has 10 aromatic rings. The van der Waals surface area contributed by atoms with E-state index >= 15 is 0 Å². The van der Waals surface area contributed by atoms with Crippen molar-refractivity contribution in [1.82, 2.24) is 51.6 Å². The van der Waals surface area contributed by atoms with E-state index in [-0.39, 0.29) is 56.4 Å². The van der Waals surface area contributed by atoms with Crippen molar-refractivity contribution >= 4 is 88.6 Å². The molecule has 0 aliphatic carbocycles. The minimum Gasteiger partial charge on any atom is -0.382 e. The van der Waals surface area contributed by atoms with Crippen molar-refractivity contribution < 1.29 is 43.8 Å². The van der Waals surface area contributed by atoms with Crippen LogP contribution in [0.25, 0.3) is 44.7 Å². The number of fused-ring (bicyclic) bond motifs is 2. The maximum atomic E-state index is 13.0. The monoisotopic (exact) mass is 1010 g/mol. The largest absolute Gasteiger partial charge is 0.382 e. The number of anilines is 2. The molecule has 0 bridgehead atoms. The molecule has 0 aliphatic heterocycles. The third kappa shape index (κ3) is 10.5. The van der Waals surface area contributed by atoms with Gasteiger partial charge in [0.25, 0.3) is 11.8 Å². The van der Waals surface area contributed by atoms with E-state index in [2.05, 4.69) is 62.2 Å². The lowest BCUT2D eigenvalue weighted by Gasteiger charge is -2.08. The van der Waals surface area contributed by atoms with Crippen LogP contribution in [0.1, 0.15) is 26.5 Å². The van der Waals surface area contributed by atoms with E-state index in [0.29, 0.717) is 48.9 Å². The van der Waals surface area contributed by atoms with Crippen LogP contribution in [0.2, 0.25) is 10.0 Å². The van der Waals surface area contributed by atoms with E-state index in [1.165, 1.54) is 48.5 Å². The number of aromatic amines is 2. The summed E-state index contributed by atoms with van der Waals surface area (Å²) in [5, 5.41) is 42.1. The summed E-state index contributed by atoms with van der Waals surface area (Å²) in [4.78, 5) is 25.9. The van der Waals surface area contributed by atoms with Gasteiger partial charge in [-0.15, -0.1) is 20.4 Å².